The Morgan fingerprint density at radius 3 is 2.32 bits per heavy atom. The number of ketones is 1. The molecule has 0 aliphatic rings. The van der Waals surface area contributed by atoms with Gasteiger partial charge in [0.15, 0.2) is 5.78 Å². The van der Waals surface area contributed by atoms with Gasteiger partial charge in [0.05, 0.1) is 12.5 Å². The molecular weight excluding hydrogens is 280 g/mol. The Morgan fingerprint density at radius 2 is 1.77 bits per heavy atom. The molecule has 0 fully saturated rings. The minimum absolute atomic E-state index is 0.00945. The van der Waals surface area contributed by atoms with Gasteiger partial charge in [0, 0.05) is 12.0 Å². The minimum Gasteiger partial charge on any atom is -0.494 e. The van der Waals surface area contributed by atoms with Crippen molar-refractivity contribution in [2.24, 2.45) is 5.92 Å². The Morgan fingerprint density at radius 1 is 1.09 bits per heavy atom. The topological polar surface area (TPSA) is 63.6 Å². The molecule has 122 valence electrons. The molecular formula is C18H26O4. The van der Waals surface area contributed by atoms with Gasteiger partial charge >= 0.3 is 5.97 Å². The molecule has 0 spiro atoms. The summed E-state index contributed by atoms with van der Waals surface area (Å²) >= 11 is 0. The van der Waals surface area contributed by atoms with E-state index >= 15 is 0 Å². The number of carbonyl (C=O) groups excluding carboxylic acids is 1. The van der Waals surface area contributed by atoms with Crippen LogP contribution in [0.1, 0.15) is 62.7 Å². The number of hydrogen-bond acceptors (Lipinski definition) is 3. The Kier molecular flexibility index (Phi) is 8.26. The van der Waals surface area contributed by atoms with Gasteiger partial charge in [0.1, 0.15) is 5.75 Å². The molecule has 4 nitrogen and oxygen atoms in total. The van der Waals surface area contributed by atoms with Gasteiger partial charge in [0.2, 0.25) is 0 Å². The highest BCUT2D eigenvalue weighted by molar-refractivity contribution is 5.96. The molecule has 0 amide bonds. The van der Waals surface area contributed by atoms with Crippen LogP contribution in [0.5, 0.6) is 5.75 Å². The number of benzene rings is 1. The SMILES string of the molecule is CCCCCC(CCC(=O)c1ccc(OCC)cc1)C(=O)O. The third-order valence-corrected chi connectivity index (χ3v) is 3.71. The lowest BCUT2D eigenvalue weighted by atomic mass is 9.94. The minimum atomic E-state index is -0.796. The fourth-order valence-corrected chi connectivity index (χ4v) is 2.39. The predicted molar refractivity (Wildman–Crippen MR) is 86.4 cm³/mol. The van der Waals surface area contributed by atoms with Crippen LogP contribution in [0.15, 0.2) is 24.3 Å². The van der Waals surface area contributed by atoms with Gasteiger partial charge in [-0.15, -0.1) is 0 Å². The smallest absolute Gasteiger partial charge is 0.306 e. The summed E-state index contributed by atoms with van der Waals surface area (Å²) in [6.07, 6.45) is 4.35. The number of rotatable bonds is 11. The molecule has 22 heavy (non-hydrogen) atoms. The Bertz CT molecular complexity index is 464. The first-order valence-corrected chi connectivity index (χ1v) is 8.07. The highest BCUT2D eigenvalue weighted by Crippen LogP contribution is 2.19. The van der Waals surface area contributed by atoms with E-state index in [4.69, 9.17) is 4.74 Å². The lowest BCUT2D eigenvalue weighted by Gasteiger charge is -2.11. The summed E-state index contributed by atoms with van der Waals surface area (Å²) in [6, 6.07) is 7.01. The van der Waals surface area contributed by atoms with E-state index in [1.54, 1.807) is 24.3 Å². The highest BCUT2D eigenvalue weighted by atomic mass is 16.5. The number of carboxylic acids is 1. The van der Waals surface area contributed by atoms with Crippen LogP contribution >= 0.6 is 0 Å². The highest BCUT2D eigenvalue weighted by Gasteiger charge is 2.18. The van der Waals surface area contributed by atoms with Crippen LogP contribution in [0.3, 0.4) is 0 Å². The van der Waals surface area contributed by atoms with Crippen molar-refractivity contribution in [1.29, 1.82) is 0 Å². The lowest BCUT2D eigenvalue weighted by molar-refractivity contribution is -0.142. The van der Waals surface area contributed by atoms with Crippen molar-refractivity contribution in [3.05, 3.63) is 29.8 Å². The van der Waals surface area contributed by atoms with E-state index in [1.807, 2.05) is 6.92 Å². The average molecular weight is 306 g/mol. The Labute approximate surface area is 132 Å². The van der Waals surface area contributed by atoms with E-state index in [9.17, 15) is 14.7 Å². The molecule has 0 saturated carbocycles. The van der Waals surface area contributed by atoms with Crippen molar-refractivity contribution in [1.82, 2.24) is 0 Å². The zero-order valence-electron chi connectivity index (χ0n) is 13.5. The number of Topliss-reactive ketones (excluding diaryl/α,β-unsaturated/α-hetero) is 1. The maximum atomic E-state index is 12.1. The molecule has 1 N–H and O–H groups in total. The molecule has 0 bridgehead atoms. The van der Waals surface area contributed by atoms with E-state index < -0.39 is 11.9 Å². The van der Waals surface area contributed by atoms with Crippen LogP contribution in [0.2, 0.25) is 0 Å². The largest absolute Gasteiger partial charge is 0.494 e. The van der Waals surface area contributed by atoms with E-state index in [-0.39, 0.29) is 12.2 Å². The fraction of sp³-hybridized carbons (Fsp3) is 0.556. The third kappa shape index (κ3) is 6.29. The molecule has 1 atom stereocenters. The van der Waals surface area contributed by atoms with Crippen molar-refractivity contribution >= 4 is 11.8 Å². The van der Waals surface area contributed by atoms with Crippen molar-refractivity contribution in [3.63, 3.8) is 0 Å². The maximum Gasteiger partial charge on any atom is 0.306 e. The number of unbranched alkanes of at least 4 members (excludes halogenated alkanes) is 2. The van der Waals surface area contributed by atoms with Crippen LogP contribution in [0, 0.1) is 5.92 Å². The monoisotopic (exact) mass is 306 g/mol. The zero-order chi connectivity index (χ0) is 16.4. The molecule has 0 aromatic heterocycles. The number of aliphatic carboxylic acids is 1. The molecule has 0 aliphatic carbocycles. The van der Waals surface area contributed by atoms with Crippen molar-refractivity contribution in [2.45, 2.75) is 52.4 Å². The summed E-state index contributed by atoms with van der Waals surface area (Å²) in [6.45, 7) is 4.58. The number of carbonyl (C=O) groups is 2. The number of ether oxygens (including phenoxy) is 1. The second-order valence-corrected chi connectivity index (χ2v) is 5.45. The number of hydrogen-bond donors (Lipinski definition) is 1. The second-order valence-electron chi connectivity index (χ2n) is 5.45. The molecule has 4 heteroatoms. The molecule has 0 radical (unpaired) electrons. The molecule has 1 aromatic rings. The van der Waals surface area contributed by atoms with Crippen LogP contribution in [0.4, 0.5) is 0 Å². The number of carboxylic acid groups (broad SMARTS) is 1. The zero-order valence-corrected chi connectivity index (χ0v) is 13.5. The van der Waals surface area contributed by atoms with E-state index in [0.29, 0.717) is 25.0 Å². The van der Waals surface area contributed by atoms with Crippen molar-refractivity contribution in [3.8, 4) is 5.75 Å². The fourth-order valence-electron chi connectivity index (χ4n) is 2.39. The van der Waals surface area contributed by atoms with E-state index in [2.05, 4.69) is 6.92 Å². The Hall–Kier alpha value is -1.84. The lowest BCUT2D eigenvalue weighted by Crippen LogP contribution is -2.15. The molecule has 1 rings (SSSR count). The molecule has 0 aliphatic heterocycles. The summed E-state index contributed by atoms with van der Waals surface area (Å²) in [4.78, 5) is 23.4. The van der Waals surface area contributed by atoms with Gasteiger partial charge in [-0.25, -0.2) is 0 Å². The van der Waals surface area contributed by atoms with Crippen LogP contribution in [0.25, 0.3) is 0 Å². The normalized spacial score (nSPS) is 11.9. The van der Waals surface area contributed by atoms with Gasteiger partial charge < -0.3 is 9.84 Å². The van der Waals surface area contributed by atoms with Crippen LogP contribution < -0.4 is 4.74 Å². The summed E-state index contributed by atoms with van der Waals surface area (Å²) in [5.74, 6) is -0.486. The molecule has 0 heterocycles. The molecule has 1 aromatic carbocycles. The molecule has 1 unspecified atom stereocenters. The second kappa shape index (κ2) is 9.98. The summed E-state index contributed by atoms with van der Waals surface area (Å²) < 4.78 is 5.34. The van der Waals surface area contributed by atoms with Gasteiger partial charge in [-0.2, -0.15) is 0 Å². The van der Waals surface area contributed by atoms with Gasteiger partial charge in [-0.05, 0) is 44.0 Å². The standard InChI is InChI=1S/C18H26O4/c1-3-5-6-7-15(18(20)21)10-13-17(19)14-8-11-16(12-9-14)22-4-2/h8-9,11-12,15H,3-7,10,13H2,1-2H3,(H,20,21). The van der Waals surface area contributed by atoms with Gasteiger partial charge in [-0.3, -0.25) is 9.59 Å². The van der Waals surface area contributed by atoms with Crippen LogP contribution in [-0.2, 0) is 4.79 Å². The predicted octanol–water partition coefficient (Wildman–Crippen LogP) is 4.33. The molecule has 0 saturated heterocycles. The third-order valence-electron chi connectivity index (χ3n) is 3.71. The van der Waals surface area contributed by atoms with Gasteiger partial charge in [-0.1, -0.05) is 26.2 Å². The Balaban J connectivity index is 2.50. The first-order chi connectivity index (χ1) is 10.6. The van der Waals surface area contributed by atoms with Crippen molar-refractivity contribution in [2.75, 3.05) is 6.61 Å². The summed E-state index contributed by atoms with van der Waals surface area (Å²) in [5, 5.41) is 9.22. The van der Waals surface area contributed by atoms with Crippen LogP contribution in [-0.4, -0.2) is 23.5 Å². The first kappa shape index (κ1) is 18.2. The first-order valence-electron chi connectivity index (χ1n) is 8.07. The van der Waals surface area contributed by atoms with E-state index in [0.717, 1.165) is 25.0 Å². The summed E-state index contributed by atoms with van der Waals surface area (Å²) in [5.41, 5.74) is 0.612. The quantitative estimate of drug-likeness (QED) is 0.488. The maximum absolute atomic E-state index is 12.1. The summed E-state index contributed by atoms with van der Waals surface area (Å²) in [7, 11) is 0. The van der Waals surface area contributed by atoms with Crippen molar-refractivity contribution < 1.29 is 19.4 Å². The average Bonchev–Trinajstić information content (AvgIpc) is 2.51. The van der Waals surface area contributed by atoms with Gasteiger partial charge in [0.25, 0.3) is 0 Å². The van der Waals surface area contributed by atoms with E-state index in [1.165, 1.54) is 0 Å².